The van der Waals surface area contributed by atoms with Crippen molar-refractivity contribution in [3.8, 4) is 5.69 Å². The first-order valence-corrected chi connectivity index (χ1v) is 10.3. The SMILES string of the molecule is [2H]C([2H])([2H])[n+]1[c-]n2c(c1)[Si](C(C)C)(C(C)C)C(C)(C)c1ccccc1-2. The summed E-state index contributed by atoms with van der Waals surface area (Å²) in [6.45, 7) is 11.7. The number of benzene rings is 1. The topological polar surface area (TPSA) is 8.81 Å². The molecule has 3 heteroatoms. The monoisotopic (exact) mass is 315 g/mol. The van der Waals surface area contributed by atoms with Crippen molar-refractivity contribution in [3.05, 3.63) is 42.4 Å². The van der Waals surface area contributed by atoms with Crippen LogP contribution < -0.4 is 9.88 Å². The quantitative estimate of drug-likeness (QED) is 0.456. The molecule has 0 amide bonds. The number of aromatic nitrogens is 2. The van der Waals surface area contributed by atoms with Gasteiger partial charge >= 0.3 is 0 Å². The van der Waals surface area contributed by atoms with Crippen molar-refractivity contribution in [3.63, 3.8) is 0 Å². The molecule has 0 N–H and O–H groups in total. The van der Waals surface area contributed by atoms with E-state index < -0.39 is 15.0 Å². The average Bonchev–Trinajstić information content (AvgIpc) is 2.92. The summed E-state index contributed by atoms with van der Waals surface area (Å²) in [5, 5.41) is 1.18. The van der Waals surface area contributed by atoms with E-state index in [1.54, 1.807) is 0 Å². The maximum Gasteiger partial charge on any atom is 0.243 e. The summed E-state index contributed by atoms with van der Waals surface area (Å²) < 4.78 is 26.9. The normalized spacial score (nSPS) is 21.0. The molecule has 0 unspecified atom stereocenters. The lowest BCUT2D eigenvalue weighted by molar-refractivity contribution is -0.674. The fourth-order valence-corrected chi connectivity index (χ4v) is 12.9. The molecule has 0 bridgehead atoms. The van der Waals surface area contributed by atoms with Crippen LogP contribution in [0, 0.1) is 6.33 Å². The van der Waals surface area contributed by atoms with E-state index >= 15 is 0 Å². The van der Waals surface area contributed by atoms with Crippen LogP contribution in [0.3, 0.4) is 0 Å². The second-order valence-electron chi connectivity index (χ2n) is 7.64. The summed E-state index contributed by atoms with van der Waals surface area (Å²) in [4.78, 5) is 0. The fourth-order valence-electron chi connectivity index (χ4n) is 5.29. The van der Waals surface area contributed by atoms with Crippen molar-refractivity contribution in [2.75, 3.05) is 0 Å². The van der Waals surface area contributed by atoms with Crippen LogP contribution in [-0.4, -0.2) is 12.6 Å². The van der Waals surface area contributed by atoms with Gasteiger partial charge in [-0.2, -0.15) is 0 Å². The number of para-hydroxylation sites is 1. The van der Waals surface area contributed by atoms with E-state index in [1.165, 1.54) is 15.4 Å². The van der Waals surface area contributed by atoms with Gasteiger partial charge in [0.25, 0.3) is 0 Å². The molecule has 0 aliphatic carbocycles. The van der Waals surface area contributed by atoms with Crippen LogP contribution in [0.5, 0.6) is 0 Å². The molecule has 22 heavy (non-hydrogen) atoms. The summed E-state index contributed by atoms with van der Waals surface area (Å²) in [5.41, 5.74) is 3.32. The highest BCUT2D eigenvalue weighted by Gasteiger charge is 2.57. The van der Waals surface area contributed by atoms with Gasteiger partial charge in [0.2, 0.25) is 6.33 Å². The zero-order valence-corrected chi connectivity index (χ0v) is 15.4. The molecule has 2 heterocycles. The van der Waals surface area contributed by atoms with Gasteiger partial charge < -0.3 is 9.13 Å². The van der Waals surface area contributed by atoms with Crippen LogP contribution in [0.2, 0.25) is 11.1 Å². The lowest BCUT2D eigenvalue weighted by atomic mass is 9.99. The van der Waals surface area contributed by atoms with Gasteiger partial charge in [-0.1, -0.05) is 76.9 Å². The minimum absolute atomic E-state index is 0.000686. The average molecular weight is 316 g/mol. The van der Waals surface area contributed by atoms with Crippen LogP contribution in [0.4, 0.5) is 0 Å². The van der Waals surface area contributed by atoms with Gasteiger partial charge in [-0.05, 0) is 10.6 Å². The predicted octanol–water partition coefficient (Wildman–Crippen LogP) is 3.41. The maximum absolute atomic E-state index is 7.85. The summed E-state index contributed by atoms with van der Waals surface area (Å²) in [6, 6.07) is 8.40. The molecule has 1 aliphatic rings. The molecule has 3 rings (SSSR count). The van der Waals surface area contributed by atoms with E-state index in [1.807, 2.05) is 16.8 Å². The molecule has 1 aliphatic heterocycles. The Bertz CT molecular complexity index is 795. The lowest BCUT2D eigenvalue weighted by Crippen LogP contribution is -2.69. The maximum atomic E-state index is 7.85. The van der Waals surface area contributed by atoms with E-state index in [9.17, 15) is 0 Å². The van der Waals surface area contributed by atoms with E-state index in [0.29, 0.717) is 11.1 Å². The molecule has 0 spiro atoms. The van der Waals surface area contributed by atoms with Crippen LogP contribution in [0.15, 0.2) is 30.5 Å². The molecule has 0 radical (unpaired) electrons. The van der Waals surface area contributed by atoms with Gasteiger partial charge in [-0.3, -0.25) is 0 Å². The molecule has 1 aromatic heterocycles. The first-order valence-electron chi connectivity index (χ1n) is 9.63. The van der Waals surface area contributed by atoms with Crippen molar-refractivity contribution < 1.29 is 8.68 Å². The second kappa shape index (κ2) is 4.82. The van der Waals surface area contributed by atoms with Gasteiger partial charge in [0, 0.05) is 11.5 Å². The van der Waals surface area contributed by atoms with Crippen molar-refractivity contribution in [1.29, 1.82) is 0 Å². The third kappa shape index (κ3) is 1.69. The number of fused-ring (bicyclic) bond motifs is 3. The number of hydrogen-bond donors (Lipinski definition) is 0. The van der Waals surface area contributed by atoms with Crippen LogP contribution in [0.25, 0.3) is 5.69 Å². The minimum Gasteiger partial charge on any atom is -0.325 e. The molecule has 0 saturated heterocycles. The molecule has 0 saturated carbocycles. The number of hydrogen-bond acceptors (Lipinski definition) is 0. The van der Waals surface area contributed by atoms with Gasteiger partial charge in [-0.15, -0.1) is 0 Å². The predicted molar refractivity (Wildman–Crippen MR) is 94.4 cm³/mol. The van der Waals surface area contributed by atoms with Crippen molar-refractivity contribution in [2.24, 2.45) is 6.98 Å². The minimum atomic E-state index is -2.21. The Morgan fingerprint density at radius 3 is 2.41 bits per heavy atom. The largest absolute Gasteiger partial charge is 0.325 e. The number of rotatable bonds is 2. The molecular formula is C19H28N2Si. The Labute approximate surface area is 140 Å². The Hall–Kier alpha value is -1.35. The molecule has 118 valence electrons. The first kappa shape index (κ1) is 12.1. The second-order valence-corrected chi connectivity index (χ2v) is 13.5. The Morgan fingerprint density at radius 1 is 1.18 bits per heavy atom. The lowest BCUT2D eigenvalue weighted by Gasteiger charge is -2.56. The summed E-state index contributed by atoms with van der Waals surface area (Å²) in [7, 11) is -2.13. The van der Waals surface area contributed by atoms with E-state index in [4.69, 9.17) is 4.11 Å². The van der Waals surface area contributed by atoms with Gasteiger partial charge in [0.15, 0.2) is 0 Å². The first-order chi connectivity index (χ1) is 11.5. The van der Waals surface area contributed by atoms with E-state index in [2.05, 4.69) is 66.1 Å². The van der Waals surface area contributed by atoms with Crippen molar-refractivity contribution in [2.45, 2.75) is 57.7 Å². The summed E-state index contributed by atoms with van der Waals surface area (Å²) in [5.74, 6) is 0. The van der Waals surface area contributed by atoms with Gasteiger partial charge in [0.1, 0.15) is 0 Å². The van der Waals surface area contributed by atoms with Crippen LogP contribution >= 0.6 is 0 Å². The third-order valence-electron chi connectivity index (χ3n) is 5.80. The van der Waals surface area contributed by atoms with Crippen LogP contribution in [0.1, 0.15) is 51.2 Å². The molecule has 2 aromatic rings. The number of nitrogens with zero attached hydrogens (tertiary/aromatic N) is 2. The van der Waals surface area contributed by atoms with Gasteiger partial charge in [0.05, 0.1) is 24.8 Å². The molecule has 0 fully saturated rings. The molecular weight excluding hydrogens is 284 g/mol. The van der Waals surface area contributed by atoms with Crippen molar-refractivity contribution in [1.82, 2.24) is 4.57 Å². The zero-order valence-electron chi connectivity index (χ0n) is 17.4. The Balaban J connectivity index is 2.46. The number of imidazole rings is 1. The Kier molecular flexibility index (Phi) is 2.65. The van der Waals surface area contributed by atoms with Gasteiger partial charge in [-0.25, -0.2) is 0 Å². The van der Waals surface area contributed by atoms with Crippen molar-refractivity contribution >= 4 is 13.4 Å². The summed E-state index contributed by atoms with van der Waals surface area (Å²) in [6.07, 6.45) is 5.00. The molecule has 1 aromatic carbocycles. The molecule has 2 nitrogen and oxygen atoms in total. The highest BCUT2D eigenvalue weighted by Crippen LogP contribution is 2.50. The van der Waals surface area contributed by atoms with E-state index in [-0.39, 0.29) is 5.04 Å². The highest BCUT2D eigenvalue weighted by atomic mass is 28.3. The standard InChI is InChI=1S/C19H28N2Si/c1-14(2)22(15(3)4)18-12-20(7)13-21(18)17-11-9-8-10-16(17)19(22,5)6/h8-12,14-15H,1-7H3/i7D3. The highest BCUT2D eigenvalue weighted by molar-refractivity contribution is 6.96. The van der Waals surface area contributed by atoms with E-state index in [0.717, 1.165) is 5.69 Å². The van der Waals surface area contributed by atoms with Crippen LogP contribution in [-0.2, 0) is 12.0 Å². The smallest absolute Gasteiger partial charge is 0.243 e. The zero-order chi connectivity index (χ0) is 18.8. The number of aryl methyl sites for hydroxylation is 1. The fraction of sp³-hybridized carbons (Fsp3) is 0.526. The molecule has 0 atom stereocenters. The Morgan fingerprint density at radius 2 is 1.82 bits per heavy atom. The summed E-state index contributed by atoms with van der Waals surface area (Å²) >= 11 is 0. The third-order valence-corrected chi connectivity index (χ3v) is 13.0.